The molecule has 0 unspecified atom stereocenters. The molecule has 0 spiro atoms. The van der Waals surface area contributed by atoms with Crippen molar-refractivity contribution in [1.82, 2.24) is 25.2 Å². The van der Waals surface area contributed by atoms with Crippen molar-refractivity contribution in [1.29, 1.82) is 0 Å². The molecule has 0 aliphatic carbocycles. The summed E-state index contributed by atoms with van der Waals surface area (Å²) in [6.45, 7) is 3.07. The normalized spacial score (nSPS) is 19.6. The summed E-state index contributed by atoms with van der Waals surface area (Å²) in [5, 5.41) is 13.8. The number of hydrogen-bond acceptors (Lipinski definition) is 4. The first-order chi connectivity index (χ1) is 10.2. The quantitative estimate of drug-likeness (QED) is 0.883. The van der Waals surface area contributed by atoms with Crippen molar-refractivity contribution in [2.24, 2.45) is 0 Å². The minimum atomic E-state index is -0.217. The minimum absolute atomic E-state index is 0.00245. The van der Waals surface area contributed by atoms with Crippen molar-refractivity contribution >= 4 is 11.7 Å². The van der Waals surface area contributed by atoms with E-state index in [2.05, 4.69) is 20.8 Å². The highest BCUT2D eigenvalue weighted by molar-refractivity contribution is 5.74. The number of aromatic nitrogens is 3. The Bertz CT molecular complexity index is 621. The van der Waals surface area contributed by atoms with Gasteiger partial charge in [-0.3, -0.25) is 4.40 Å². The Morgan fingerprint density at radius 2 is 2.43 bits per heavy atom. The molecule has 1 aliphatic heterocycles. The smallest absolute Gasteiger partial charge is 0.315 e. The van der Waals surface area contributed by atoms with Gasteiger partial charge in [0.15, 0.2) is 11.5 Å². The predicted molar refractivity (Wildman–Crippen MR) is 76.8 cm³/mol. The molecule has 0 radical (unpaired) electrons. The molecule has 0 saturated carbocycles. The van der Waals surface area contributed by atoms with E-state index >= 15 is 0 Å². The van der Waals surface area contributed by atoms with Crippen molar-refractivity contribution < 1.29 is 9.53 Å². The number of ether oxygens (including phenoxy) is 1. The lowest BCUT2D eigenvalue weighted by atomic mass is 10.1. The number of carbonyl (C=O) groups is 1. The third-order valence-corrected chi connectivity index (χ3v) is 3.67. The van der Waals surface area contributed by atoms with Crippen LogP contribution in [0.4, 0.5) is 4.79 Å². The Morgan fingerprint density at radius 3 is 3.24 bits per heavy atom. The van der Waals surface area contributed by atoms with E-state index in [1.807, 2.05) is 35.7 Å². The van der Waals surface area contributed by atoms with Crippen LogP contribution in [0.5, 0.6) is 0 Å². The Hall–Kier alpha value is -2.15. The molecule has 21 heavy (non-hydrogen) atoms. The molecule has 2 amide bonds. The number of hydrogen-bond donors (Lipinski definition) is 2. The third kappa shape index (κ3) is 3.13. The molecule has 2 aromatic rings. The molecule has 2 atom stereocenters. The van der Waals surface area contributed by atoms with Gasteiger partial charge in [-0.25, -0.2) is 4.79 Å². The molecule has 2 aromatic heterocycles. The van der Waals surface area contributed by atoms with Crippen LogP contribution in [0.25, 0.3) is 5.65 Å². The topological polar surface area (TPSA) is 80.5 Å². The summed E-state index contributed by atoms with van der Waals surface area (Å²) in [4.78, 5) is 11.9. The van der Waals surface area contributed by atoms with Gasteiger partial charge in [-0.15, -0.1) is 10.2 Å². The minimum Gasteiger partial charge on any atom is -0.376 e. The van der Waals surface area contributed by atoms with Gasteiger partial charge in [0, 0.05) is 12.8 Å². The summed E-state index contributed by atoms with van der Waals surface area (Å²) in [6.07, 6.45) is 4.05. The second-order valence-electron chi connectivity index (χ2n) is 5.21. The van der Waals surface area contributed by atoms with Gasteiger partial charge in [0.2, 0.25) is 0 Å². The molecule has 1 saturated heterocycles. The van der Waals surface area contributed by atoms with Gasteiger partial charge in [-0.05, 0) is 31.9 Å². The van der Waals surface area contributed by atoms with Gasteiger partial charge in [-0.1, -0.05) is 6.07 Å². The predicted octanol–water partition coefficient (Wildman–Crippen LogP) is 1.10. The van der Waals surface area contributed by atoms with E-state index in [0.717, 1.165) is 25.1 Å². The lowest BCUT2D eigenvalue weighted by molar-refractivity contribution is 0.0860. The first-order valence-corrected chi connectivity index (χ1v) is 7.18. The fraction of sp³-hybridized carbons (Fsp3) is 0.500. The van der Waals surface area contributed by atoms with Gasteiger partial charge >= 0.3 is 6.03 Å². The summed E-state index contributed by atoms with van der Waals surface area (Å²) < 4.78 is 7.41. The van der Waals surface area contributed by atoms with E-state index in [0.29, 0.717) is 12.4 Å². The van der Waals surface area contributed by atoms with Crippen LogP contribution in [0, 0.1) is 0 Å². The van der Waals surface area contributed by atoms with Crippen LogP contribution in [0.1, 0.15) is 25.6 Å². The van der Waals surface area contributed by atoms with Crippen LogP contribution >= 0.6 is 0 Å². The van der Waals surface area contributed by atoms with Crippen molar-refractivity contribution in [3.63, 3.8) is 0 Å². The molecule has 3 heterocycles. The molecular formula is C14H19N5O2. The van der Waals surface area contributed by atoms with Crippen LogP contribution in [-0.4, -0.2) is 39.4 Å². The molecule has 2 N–H and O–H groups in total. The second-order valence-corrected chi connectivity index (χ2v) is 5.21. The molecule has 112 valence electrons. The van der Waals surface area contributed by atoms with Crippen LogP contribution in [0.15, 0.2) is 24.4 Å². The fourth-order valence-corrected chi connectivity index (χ4v) is 2.52. The number of amides is 2. The van der Waals surface area contributed by atoms with E-state index in [1.54, 1.807) is 0 Å². The van der Waals surface area contributed by atoms with E-state index in [9.17, 15) is 4.79 Å². The average molecular weight is 289 g/mol. The molecule has 0 aromatic carbocycles. The summed E-state index contributed by atoms with van der Waals surface area (Å²) in [5.74, 6) is 0.700. The molecular weight excluding hydrogens is 270 g/mol. The number of rotatable bonds is 4. The average Bonchev–Trinajstić information content (AvgIpc) is 3.15. The summed E-state index contributed by atoms with van der Waals surface area (Å²) in [5.41, 5.74) is 0.766. The number of urea groups is 1. The first kappa shape index (κ1) is 13.8. The highest BCUT2D eigenvalue weighted by Gasteiger charge is 2.23. The molecule has 3 rings (SSSR count). The first-order valence-electron chi connectivity index (χ1n) is 7.18. The number of nitrogens with one attached hydrogen (secondary N) is 2. The molecule has 1 aliphatic rings. The van der Waals surface area contributed by atoms with E-state index < -0.39 is 0 Å². The van der Waals surface area contributed by atoms with Crippen molar-refractivity contribution in [2.75, 3.05) is 6.61 Å². The number of carbonyl (C=O) groups excluding carboxylic acids is 1. The number of nitrogens with zero attached hydrogens (tertiary/aromatic N) is 3. The van der Waals surface area contributed by atoms with Gasteiger partial charge in [0.1, 0.15) is 0 Å². The van der Waals surface area contributed by atoms with Crippen LogP contribution in [-0.2, 0) is 11.3 Å². The monoisotopic (exact) mass is 289 g/mol. The number of fused-ring (bicyclic) bond motifs is 1. The Labute approximate surface area is 122 Å². The van der Waals surface area contributed by atoms with E-state index in [4.69, 9.17) is 4.74 Å². The summed E-state index contributed by atoms with van der Waals surface area (Å²) in [7, 11) is 0. The van der Waals surface area contributed by atoms with E-state index in [1.165, 1.54) is 0 Å². The lowest BCUT2D eigenvalue weighted by Gasteiger charge is -2.20. The Balaban J connectivity index is 1.53. The van der Waals surface area contributed by atoms with Gasteiger partial charge in [0.05, 0.1) is 18.7 Å². The van der Waals surface area contributed by atoms with Crippen molar-refractivity contribution in [3.8, 4) is 0 Å². The highest BCUT2D eigenvalue weighted by Crippen LogP contribution is 2.15. The largest absolute Gasteiger partial charge is 0.376 e. The molecule has 1 fully saturated rings. The van der Waals surface area contributed by atoms with Crippen molar-refractivity contribution in [3.05, 3.63) is 30.2 Å². The van der Waals surface area contributed by atoms with Crippen LogP contribution in [0.2, 0.25) is 0 Å². The fourth-order valence-electron chi connectivity index (χ4n) is 2.52. The maximum absolute atomic E-state index is 11.9. The highest BCUT2D eigenvalue weighted by atomic mass is 16.5. The number of pyridine rings is 1. The lowest BCUT2D eigenvalue weighted by Crippen LogP contribution is -2.45. The maximum atomic E-state index is 11.9. The molecule has 7 nitrogen and oxygen atoms in total. The van der Waals surface area contributed by atoms with Crippen LogP contribution in [0.3, 0.4) is 0 Å². The molecule has 0 bridgehead atoms. The summed E-state index contributed by atoms with van der Waals surface area (Å²) >= 11 is 0. The SMILES string of the molecule is C[C@@H](NC(=O)NCc1nnc2ccccn12)[C@H]1CCCO1. The van der Waals surface area contributed by atoms with Gasteiger partial charge < -0.3 is 15.4 Å². The Kier molecular flexibility index (Phi) is 4.01. The zero-order valence-corrected chi connectivity index (χ0v) is 12.0. The third-order valence-electron chi connectivity index (χ3n) is 3.67. The van der Waals surface area contributed by atoms with Gasteiger partial charge in [-0.2, -0.15) is 0 Å². The second kappa shape index (κ2) is 6.09. The zero-order valence-electron chi connectivity index (χ0n) is 12.0. The van der Waals surface area contributed by atoms with Gasteiger partial charge in [0.25, 0.3) is 0 Å². The Morgan fingerprint density at radius 1 is 1.52 bits per heavy atom. The zero-order chi connectivity index (χ0) is 14.7. The molecule has 7 heteroatoms. The van der Waals surface area contributed by atoms with Crippen molar-refractivity contribution in [2.45, 2.75) is 38.5 Å². The van der Waals surface area contributed by atoms with E-state index in [-0.39, 0.29) is 18.2 Å². The maximum Gasteiger partial charge on any atom is 0.315 e. The standard InChI is InChI=1S/C14H19N5O2/c1-10(11-5-4-8-21-11)16-14(20)15-9-13-18-17-12-6-2-3-7-19(12)13/h2-3,6-7,10-11H,4-5,8-9H2,1H3,(H2,15,16,20)/t10-,11-/m1/s1. The summed E-state index contributed by atoms with van der Waals surface area (Å²) in [6, 6.07) is 5.46. The van der Waals surface area contributed by atoms with Crippen LogP contribution < -0.4 is 10.6 Å².